The number of carbonyl (C=O) groups excluding carboxylic acids is 1. The van der Waals surface area contributed by atoms with Gasteiger partial charge in [-0.1, -0.05) is 0 Å². The molecule has 0 saturated heterocycles. The summed E-state index contributed by atoms with van der Waals surface area (Å²) in [4.78, 5) is 11.5. The van der Waals surface area contributed by atoms with E-state index in [-0.39, 0.29) is 22.5 Å². The van der Waals surface area contributed by atoms with Crippen LogP contribution in [0.1, 0.15) is 22.8 Å². The van der Waals surface area contributed by atoms with Crippen LogP contribution in [0.15, 0.2) is 36.4 Å². The van der Waals surface area contributed by atoms with Crippen molar-refractivity contribution < 1.29 is 13.6 Å². The normalized spacial score (nSPS) is 10.0. The van der Waals surface area contributed by atoms with Crippen LogP contribution in [0.2, 0.25) is 0 Å². The summed E-state index contributed by atoms with van der Waals surface area (Å²) in [5, 5.41) is 8.81. The molecule has 2 aromatic rings. The Morgan fingerprint density at radius 2 is 1.84 bits per heavy atom. The van der Waals surface area contributed by atoms with Crippen LogP contribution in [-0.4, -0.2) is 5.78 Å². The molecular formula is C15H9F2NO. The molecular weight excluding hydrogens is 248 g/mol. The van der Waals surface area contributed by atoms with Crippen molar-refractivity contribution in [2.45, 2.75) is 6.92 Å². The van der Waals surface area contributed by atoms with Gasteiger partial charge < -0.3 is 0 Å². The molecule has 0 amide bonds. The van der Waals surface area contributed by atoms with Crippen LogP contribution >= 0.6 is 0 Å². The van der Waals surface area contributed by atoms with E-state index in [1.54, 1.807) is 0 Å². The Labute approximate surface area is 108 Å². The van der Waals surface area contributed by atoms with E-state index in [9.17, 15) is 13.6 Å². The number of hydrogen-bond donors (Lipinski definition) is 0. The summed E-state index contributed by atoms with van der Waals surface area (Å²) >= 11 is 0. The lowest BCUT2D eigenvalue weighted by Crippen LogP contribution is -1.97. The van der Waals surface area contributed by atoms with E-state index >= 15 is 0 Å². The summed E-state index contributed by atoms with van der Waals surface area (Å²) in [6.45, 7) is 1.35. The molecule has 2 rings (SSSR count). The molecule has 0 unspecified atom stereocenters. The van der Waals surface area contributed by atoms with Gasteiger partial charge in [-0.25, -0.2) is 8.78 Å². The van der Waals surface area contributed by atoms with Crippen molar-refractivity contribution in [2.24, 2.45) is 0 Å². The minimum atomic E-state index is -0.604. The summed E-state index contributed by atoms with van der Waals surface area (Å²) in [6, 6.07) is 9.17. The minimum Gasteiger partial charge on any atom is -0.294 e. The topological polar surface area (TPSA) is 40.9 Å². The molecule has 0 aromatic heterocycles. The van der Waals surface area contributed by atoms with E-state index in [0.29, 0.717) is 5.56 Å². The van der Waals surface area contributed by atoms with E-state index in [4.69, 9.17) is 5.26 Å². The highest BCUT2D eigenvalue weighted by molar-refractivity contribution is 6.00. The van der Waals surface area contributed by atoms with E-state index < -0.39 is 11.6 Å². The van der Waals surface area contributed by atoms with Crippen LogP contribution in [0.3, 0.4) is 0 Å². The van der Waals surface area contributed by atoms with E-state index in [1.807, 2.05) is 6.07 Å². The molecule has 0 aliphatic rings. The average Bonchev–Trinajstić information content (AvgIpc) is 2.37. The molecule has 0 heterocycles. The minimum absolute atomic E-state index is 0.119. The number of nitrogens with zero attached hydrogens (tertiary/aromatic N) is 1. The van der Waals surface area contributed by atoms with Crippen LogP contribution in [0, 0.1) is 23.0 Å². The maximum Gasteiger partial charge on any atom is 0.160 e. The van der Waals surface area contributed by atoms with Gasteiger partial charge in [0.2, 0.25) is 0 Å². The summed E-state index contributed by atoms with van der Waals surface area (Å²) in [5.74, 6) is -1.38. The van der Waals surface area contributed by atoms with Crippen LogP contribution in [-0.2, 0) is 0 Å². The van der Waals surface area contributed by atoms with Gasteiger partial charge >= 0.3 is 0 Å². The summed E-state index contributed by atoms with van der Waals surface area (Å²) in [6.07, 6.45) is 0. The summed E-state index contributed by atoms with van der Waals surface area (Å²) in [5.41, 5.74) is 0.995. The van der Waals surface area contributed by atoms with Gasteiger partial charge in [0.05, 0.1) is 11.6 Å². The van der Waals surface area contributed by atoms with Crippen molar-refractivity contribution in [2.75, 3.05) is 0 Å². The van der Waals surface area contributed by atoms with E-state index in [1.165, 1.54) is 31.2 Å². The first kappa shape index (κ1) is 12.9. The monoisotopic (exact) mass is 257 g/mol. The fraction of sp³-hybridized carbons (Fsp3) is 0.0667. The number of hydrogen-bond acceptors (Lipinski definition) is 2. The Morgan fingerprint density at radius 1 is 1.11 bits per heavy atom. The SMILES string of the molecule is CC(=O)c1ccc(F)cc1-c1cc(F)cc(C#N)c1. The molecule has 0 spiro atoms. The first-order valence-corrected chi connectivity index (χ1v) is 5.53. The molecule has 4 heteroatoms. The second kappa shape index (κ2) is 4.99. The molecule has 2 aromatic carbocycles. The van der Waals surface area contributed by atoms with Crippen LogP contribution < -0.4 is 0 Å². The molecule has 0 atom stereocenters. The molecule has 0 radical (unpaired) electrons. The maximum absolute atomic E-state index is 13.4. The number of rotatable bonds is 2. The zero-order valence-electron chi connectivity index (χ0n) is 10.1. The van der Waals surface area contributed by atoms with Gasteiger partial charge in [0.1, 0.15) is 11.6 Å². The standard InChI is InChI=1S/C15H9F2NO/c1-9(19)14-3-2-12(16)7-15(14)11-4-10(8-18)5-13(17)6-11/h2-7H,1H3. The fourth-order valence-electron chi connectivity index (χ4n) is 1.87. The van der Waals surface area contributed by atoms with Gasteiger partial charge in [-0.15, -0.1) is 0 Å². The lowest BCUT2D eigenvalue weighted by molar-refractivity contribution is 0.101. The van der Waals surface area contributed by atoms with Crippen molar-refractivity contribution in [1.29, 1.82) is 5.26 Å². The number of ketones is 1. The molecule has 94 valence electrons. The number of benzene rings is 2. The maximum atomic E-state index is 13.4. The first-order chi connectivity index (χ1) is 9.01. The Bertz CT molecular complexity index is 702. The molecule has 0 N–H and O–H groups in total. The highest BCUT2D eigenvalue weighted by Gasteiger charge is 2.12. The van der Waals surface area contributed by atoms with Crippen molar-refractivity contribution >= 4 is 5.78 Å². The third-order valence-electron chi connectivity index (χ3n) is 2.70. The van der Waals surface area contributed by atoms with E-state index in [2.05, 4.69) is 0 Å². The van der Waals surface area contributed by atoms with E-state index in [0.717, 1.165) is 12.1 Å². The predicted octanol–water partition coefficient (Wildman–Crippen LogP) is 3.71. The van der Waals surface area contributed by atoms with Gasteiger partial charge in [-0.05, 0) is 54.4 Å². The number of halogens is 2. The molecule has 0 aliphatic carbocycles. The zero-order valence-corrected chi connectivity index (χ0v) is 10.1. The quantitative estimate of drug-likeness (QED) is 0.769. The lowest BCUT2D eigenvalue weighted by atomic mass is 9.96. The number of nitriles is 1. The molecule has 19 heavy (non-hydrogen) atoms. The molecule has 0 saturated carbocycles. The van der Waals surface area contributed by atoms with Crippen molar-refractivity contribution in [3.05, 3.63) is 59.2 Å². The molecule has 0 bridgehead atoms. The molecule has 0 fully saturated rings. The van der Waals surface area contributed by atoms with Gasteiger partial charge in [-0.2, -0.15) is 5.26 Å². The Morgan fingerprint density at radius 3 is 2.47 bits per heavy atom. The van der Waals surface area contributed by atoms with Crippen LogP contribution in [0.5, 0.6) is 0 Å². The van der Waals surface area contributed by atoms with Gasteiger partial charge in [0.25, 0.3) is 0 Å². The van der Waals surface area contributed by atoms with Gasteiger partial charge in [-0.3, -0.25) is 4.79 Å². The fourth-order valence-corrected chi connectivity index (χ4v) is 1.87. The van der Waals surface area contributed by atoms with Gasteiger partial charge in [0.15, 0.2) is 5.78 Å². The third kappa shape index (κ3) is 2.66. The summed E-state index contributed by atoms with van der Waals surface area (Å²) in [7, 11) is 0. The molecule has 2 nitrogen and oxygen atoms in total. The summed E-state index contributed by atoms with van der Waals surface area (Å²) < 4.78 is 26.7. The Balaban J connectivity index is 2.71. The number of carbonyl (C=O) groups is 1. The zero-order chi connectivity index (χ0) is 14.0. The van der Waals surface area contributed by atoms with Crippen molar-refractivity contribution in [3.8, 4) is 17.2 Å². The second-order valence-electron chi connectivity index (χ2n) is 4.09. The Kier molecular flexibility index (Phi) is 3.39. The smallest absolute Gasteiger partial charge is 0.160 e. The second-order valence-corrected chi connectivity index (χ2v) is 4.09. The lowest BCUT2D eigenvalue weighted by Gasteiger charge is -2.08. The first-order valence-electron chi connectivity index (χ1n) is 5.53. The number of Topliss-reactive ketones (excluding diaryl/α,β-unsaturated/α-hetero) is 1. The van der Waals surface area contributed by atoms with Crippen molar-refractivity contribution in [1.82, 2.24) is 0 Å². The Hall–Kier alpha value is -2.54. The highest BCUT2D eigenvalue weighted by Crippen LogP contribution is 2.27. The van der Waals surface area contributed by atoms with Crippen molar-refractivity contribution in [3.63, 3.8) is 0 Å². The van der Waals surface area contributed by atoms with Gasteiger partial charge in [0, 0.05) is 5.56 Å². The predicted molar refractivity (Wildman–Crippen MR) is 66.5 cm³/mol. The highest BCUT2D eigenvalue weighted by atomic mass is 19.1. The van der Waals surface area contributed by atoms with Crippen LogP contribution in [0.25, 0.3) is 11.1 Å². The third-order valence-corrected chi connectivity index (χ3v) is 2.70. The van der Waals surface area contributed by atoms with Crippen LogP contribution in [0.4, 0.5) is 8.78 Å². The largest absolute Gasteiger partial charge is 0.294 e. The average molecular weight is 257 g/mol. The molecule has 0 aliphatic heterocycles.